The summed E-state index contributed by atoms with van der Waals surface area (Å²) < 4.78 is 28.3. The minimum absolute atomic E-state index is 0.0172. The van der Waals surface area contributed by atoms with Gasteiger partial charge in [-0.1, -0.05) is 76.8 Å². The quantitative estimate of drug-likeness (QED) is 0.0639. The number of amides is 7. The Hall–Kier alpha value is -5.02. The van der Waals surface area contributed by atoms with E-state index < -0.39 is 71.4 Å². The lowest BCUT2D eigenvalue weighted by Crippen LogP contribution is -2.58. The van der Waals surface area contributed by atoms with E-state index >= 15 is 0 Å². The molecule has 1 saturated carbocycles. The smallest absolute Gasteiger partial charge is 0.326 e. The molecule has 6 atom stereocenters. The number of likely N-dealkylation sites (N-methyl/N-ethyl adjacent to an activating group) is 1. The van der Waals surface area contributed by atoms with Gasteiger partial charge in [-0.3, -0.25) is 38.5 Å². The Morgan fingerprint density at radius 3 is 2.01 bits per heavy atom. The van der Waals surface area contributed by atoms with Crippen molar-refractivity contribution in [2.75, 3.05) is 80.5 Å². The number of rotatable bonds is 30. The predicted octanol–water partition coefficient (Wildman–Crippen LogP) is 3.27. The molecule has 2 saturated heterocycles. The van der Waals surface area contributed by atoms with E-state index in [0.29, 0.717) is 19.4 Å². The molecule has 1 aliphatic carbocycles. The molecule has 1 aromatic rings. The number of ether oxygens (including phenoxy) is 5. The lowest BCUT2D eigenvalue weighted by molar-refractivity contribution is -0.147. The number of carbonyl (C=O) groups excluding carboxylic acids is 7. The summed E-state index contributed by atoms with van der Waals surface area (Å²) in [4.78, 5) is 108. The second kappa shape index (κ2) is 32.2. The van der Waals surface area contributed by atoms with Crippen molar-refractivity contribution in [1.29, 1.82) is 0 Å². The van der Waals surface area contributed by atoms with Gasteiger partial charge in [0.1, 0.15) is 11.6 Å². The number of aliphatic carboxylic acids is 1. The highest BCUT2D eigenvalue weighted by atomic mass is 16.5. The average Bonchev–Trinajstić information content (AvgIpc) is 3.97. The number of benzene rings is 1. The van der Waals surface area contributed by atoms with E-state index in [1.807, 2.05) is 6.07 Å². The largest absolute Gasteiger partial charge is 0.480 e. The summed E-state index contributed by atoms with van der Waals surface area (Å²) in [6.07, 6.45) is 6.24. The molecule has 2 heterocycles. The molecule has 0 spiro atoms. The molecule has 4 rings (SSSR count). The van der Waals surface area contributed by atoms with Gasteiger partial charge in [0.05, 0.1) is 89.4 Å². The Morgan fingerprint density at radius 2 is 1.43 bits per heavy atom. The number of nitrogens with zero attached hydrogens (tertiary/aromatic N) is 3. The molecule has 3 fully saturated rings. The molecule has 406 valence electrons. The normalized spacial score (nSPS) is 18.3. The van der Waals surface area contributed by atoms with Gasteiger partial charge in [-0.2, -0.15) is 0 Å². The van der Waals surface area contributed by atoms with Crippen LogP contribution in [0, 0.1) is 11.8 Å². The third kappa shape index (κ3) is 19.8. The van der Waals surface area contributed by atoms with Crippen molar-refractivity contribution in [3.05, 3.63) is 35.9 Å². The monoisotopic (exact) mass is 1020 g/mol. The number of nitrogens with one attached hydrogen (secondary N) is 3. The van der Waals surface area contributed by atoms with Gasteiger partial charge in [-0.15, -0.1) is 0 Å². The van der Waals surface area contributed by atoms with Gasteiger partial charge in [0.15, 0.2) is 0 Å². The Balaban J connectivity index is 0.00000445. The van der Waals surface area contributed by atoms with Crippen LogP contribution in [0.15, 0.2) is 30.3 Å². The summed E-state index contributed by atoms with van der Waals surface area (Å²) in [5, 5.41) is 18.0. The molecule has 72 heavy (non-hydrogen) atoms. The summed E-state index contributed by atoms with van der Waals surface area (Å²) in [6.45, 7) is 10.7. The summed E-state index contributed by atoms with van der Waals surface area (Å²) in [6, 6.07) is 6.92. The van der Waals surface area contributed by atoms with Gasteiger partial charge in [0.25, 0.3) is 0 Å². The van der Waals surface area contributed by atoms with Crippen LogP contribution in [0.3, 0.4) is 0 Å². The summed E-state index contributed by atoms with van der Waals surface area (Å²) >= 11 is 0. The van der Waals surface area contributed by atoms with Crippen LogP contribution in [0.25, 0.3) is 0 Å². The lowest BCUT2D eigenvalue weighted by Gasteiger charge is -2.41. The maximum atomic E-state index is 14.3. The number of carbonyl (C=O) groups is 8. The molecular formula is C52H84N6O14. The molecule has 20 nitrogen and oxygen atoms in total. The van der Waals surface area contributed by atoms with Crippen LogP contribution >= 0.6 is 0 Å². The molecule has 20 heteroatoms. The Morgan fingerprint density at radius 1 is 0.833 bits per heavy atom. The van der Waals surface area contributed by atoms with Gasteiger partial charge < -0.3 is 54.5 Å². The van der Waals surface area contributed by atoms with Gasteiger partial charge in [0.2, 0.25) is 41.4 Å². The number of hydrogen-bond acceptors (Lipinski definition) is 13. The third-order valence-electron chi connectivity index (χ3n) is 13.4. The fourth-order valence-corrected chi connectivity index (χ4v) is 9.49. The minimum atomic E-state index is -1.36. The average molecular weight is 1020 g/mol. The first-order valence-electron chi connectivity index (χ1n) is 25.7. The fraction of sp³-hybridized carbons (Fsp3) is 0.731. The zero-order chi connectivity index (χ0) is 53.2. The van der Waals surface area contributed by atoms with Gasteiger partial charge in [-0.25, -0.2) is 4.79 Å². The highest BCUT2D eigenvalue weighted by Crippen LogP contribution is 2.34. The molecular weight excluding hydrogens is 933 g/mol. The van der Waals surface area contributed by atoms with Gasteiger partial charge in [-0.05, 0) is 51.0 Å². The number of methoxy groups -OCH3 is 2. The number of hydrogen-bond donors (Lipinski definition) is 4. The zero-order valence-electron chi connectivity index (χ0n) is 44.1. The molecule has 0 bridgehead atoms. The van der Waals surface area contributed by atoms with Crippen molar-refractivity contribution < 1.29 is 67.1 Å². The first-order chi connectivity index (χ1) is 34.4. The fourth-order valence-electron chi connectivity index (χ4n) is 9.49. The zero-order valence-corrected chi connectivity index (χ0v) is 44.1. The highest BCUT2D eigenvalue weighted by Gasteiger charge is 2.43. The Labute approximate surface area is 426 Å². The number of likely N-dealkylation sites (tertiary alicyclic amines) is 2. The third-order valence-corrected chi connectivity index (χ3v) is 13.4. The Bertz CT molecular complexity index is 1860. The predicted molar refractivity (Wildman–Crippen MR) is 267 cm³/mol. The van der Waals surface area contributed by atoms with Gasteiger partial charge >= 0.3 is 5.97 Å². The van der Waals surface area contributed by atoms with Crippen LogP contribution in [-0.2, 0) is 68.5 Å². The minimum Gasteiger partial charge on any atom is -0.480 e. The van der Waals surface area contributed by atoms with E-state index in [1.165, 1.54) is 39.4 Å². The Kier molecular flexibility index (Phi) is 27.4. The molecule has 7 amide bonds. The second-order valence-corrected chi connectivity index (χ2v) is 19.3. The van der Waals surface area contributed by atoms with Crippen LogP contribution in [0.4, 0.5) is 0 Å². The van der Waals surface area contributed by atoms with Crippen LogP contribution in [0.2, 0.25) is 0 Å². The number of carboxylic acids is 1. The molecule has 2 aliphatic heterocycles. The van der Waals surface area contributed by atoms with E-state index in [0.717, 1.165) is 37.7 Å². The van der Waals surface area contributed by atoms with Crippen molar-refractivity contribution in [3.63, 3.8) is 0 Å². The molecule has 0 radical (unpaired) electrons. The molecule has 1 aromatic carbocycles. The van der Waals surface area contributed by atoms with E-state index in [1.54, 1.807) is 48.0 Å². The van der Waals surface area contributed by atoms with Crippen LogP contribution in [0.1, 0.15) is 117 Å². The molecule has 3 aliphatic rings. The number of imide groups is 1. The topological polar surface area (TPSA) is 249 Å². The van der Waals surface area contributed by atoms with Crippen molar-refractivity contribution in [2.24, 2.45) is 11.8 Å². The molecule has 6 unspecified atom stereocenters. The van der Waals surface area contributed by atoms with Crippen LogP contribution < -0.4 is 16.0 Å². The molecule has 0 aromatic heterocycles. The van der Waals surface area contributed by atoms with Crippen molar-refractivity contribution in [3.8, 4) is 0 Å². The number of carboxylic acid groups (broad SMARTS) is 1. The van der Waals surface area contributed by atoms with E-state index in [-0.39, 0.29) is 108 Å². The first kappa shape index (κ1) is 61.3. The molecule has 4 N–H and O–H groups in total. The van der Waals surface area contributed by atoms with Crippen molar-refractivity contribution >= 4 is 47.3 Å². The van der Waals surface area contributed by atoms with E-state index in [2.05, 4.69) is 29.8 Å². The standard InChI is InChI=1S/C49H76N6O14.C3H8/c1-33(46(61)51-36(47(62)63)30-34-14-9-7-10-15-34)45(66-6)37-18-13-22-54(37)42(59)31-38(65-5)44(35-16-11-8-12-17-35)53(4)43(60)32-50-48(64)49(2,3)52-39(56)21-24-67-26-28-69-29-27-68-25-23-55-40(57)19-20-41(55)58;1-3-2/h7,9-10,14-15,33,35-38,44-45H,8,11-13,16-32H2,1-6H3,(H,50,64)(H,51,61)(H,52,56)(H,62,63);3H2,1-2H3. The van der Waals surface area contributed by atoms with Crippen LogP contribution in [0.5, 0.6) is 0 Å². The lowest BCUT2D eigenvalue weighted by atomic mass is 9.80. The maximum absolute atomic E-state index is 14.3. The first-order valence-corrected chi connectivity index (χ1v) is 25.7. The van der Waals surface area contributed by atoms with Crippen LogP contribution in [-0.4, -0.2) is 184 Å². The van der Waals surface area contributed by atoms with Gasteiger partial charge in [0, 0.05) is 53.5 Å². The van der Waals surface area contributed by atoms with E-state index in [9.17, 15) is 43.5 Å². The summed E-state index contributed by atoms with van der Waals surface area (Å²) in [5.74, 6) is -4.38. The highest BCUT2D eigenvalue weighted by molar-refractivity contribution is 6.02. The van der Waals surface area contributed by atoms with E-state index in [4.69, 9.17) is 23.7 Å². The van der Waals surface area contributed by atoms with Crippen molar-refractivity contribution in [2.45, 2.75) is 154 Å². The SMILES string of the molecule is CCC.COC(CC(=O)N1CCCC1C(OC)C(C)C(=O)NC(Cc1ccccc1)C(=O)O)C(C1CCCCC1)N(C)C(=O)CNC(=O)C(C)(C)NC(=O)CCOCCOCCOCCN1C(=O)CCC1=O. The van der Waals surface area contributed by atoms with Crippen molar-refractivity contribution in [1.82, 2.24) is 30.7 Å². The summed E-state index contributed by atoms with van der Waals surface area (Å²) in [7, 11) is 4.65. The second-order valence-electron chi connectivity index (χ2n) is 19.3. The maximum Gasteiger partial charge on any atom is 0.326 e. The summed E-state index contributed by atoms with van der Waals surface area (Å²) in [5.41, 5.74) is -0.593.